The van der Waals surface area contributed by atoms with Crippen molar-refractivity contribution in [2.24, 2.45) is 0 Å². The Kier molecular flexibility index (Phi) is 6.06. The molecule has 0 radical (unpaired) electrons. The number of thioether (sulfide) groups is 1. The van der Waals surface area contributed by atoms with Gasteiger partial charge in [-0.1, -0.05) is 11.8 Å². The van der Waals surface area contributed by atoms with Gasteiger partial charge in [0.2, 0.25) is 5.43 Å². The second kappa shape index (κ2) is 8.54. The second-order valence-corrected chi connectivity index (χ2v) is 9.22. The number of fused-ring (bicyclic) bond motifs is 3. The molecule has 4 heterocycles. The number of pyridine rings is 1. The highest BCUT2D eigenvalue weighted by Gasteiger charge is 2.33. The number of nitrogens with zero attached hydrogens (tertiary/aromatic N) is 3. The van der Waals surface area contributed by atoms with E-state index in [2.05, 4.69) is 4.90 Å². The maximum atomic E-state index is 15.0. The van der Waals surface area contributed by atoms with Crippen LogP contribution in [0.3, 0.4) is 0 Å². The molecule has 0 aliphatic carbocycles. The fraction of sp³-hybridized carbons (Fsp3) is 0.381. The summed E-state index contributed by atoms with van der Waals surface area (Å²) in [5.74, 6) is -1.64. The van der Waals surface area contributed by atoms with Crippen molar-refractivity contribution in [2.45, 2.75) is 30.8 Å². The van der Waals surface area contributed by atoms with Crippen molar-refractivity contribution in [3.05, 3.63) is 55.9 Å². The first kappa shape index (κ1) is 23.4. The Morgan fingerprint density at radius 3 is 2.48 bits per heavy atom. The second-order valence-electron chi connectivity index (χ2n) is 7.92. The van der Waals surface area contributed by atoms with E-state index < -0.39 is 23.0 Å². The van der Waals surface area contributed by atoms with Crippen molar-refractivity contribution in [1.29, 1.82) is 0 Å². The van der Waals surface area contributed by atoms with E-state index in [9.17, 15) is 19.5 Å². The lowest BCUT2D eigenvalue weighted by Crippen LogP contribution is -2.46. The maximum Gasteiger partial charge on any atom is 0.519 e. The van der Waals surface area contributed by atoms with E-state index in [1.54, 1.807) is 17.6 Å². The number of anilines is 1. The van der Waals surface area contributed by atoms with Crippen LogP contribution in [0.1, 0.15) is 34.2 Å². The Morgan fingerprint density at radius 1 is 1.21 bits per heavy atom. The fourth-order valence-corrected chi connectivity index (χ4v) is 5.49. The summed E-state index contributed by atoms with van der Waals surface area (Å²) < 4.78 is 26.8. The highest BCUT2D eigenvalue weighted by Crippen LogP contribution is 2.46. The molecule has 2 aromatic heterocycles. The van der Waals surface area contributed by atoms with E-state index in [-0.39, 0.29) is 28.7 Å². The lowest BCUT2D eigenvalue weighted by molar-refractivity contribution is 0.0689. The Labute approximate surface area is 197 Å². The van der Waals surface area contributed by atoms with Gasteiger partial charge in [0.15, 0.2) is 5.76 Å². The zero-order valence-electron chi connectivity index (χ0n) is 17.8. The van der Waals surface area contributed by atoms with Crippen LogP contribution in [-0.2, 0) is 6.54 Å². The third-order valence-corrected chi connectivity index (χ3v) is 7.18. The smallest absolute Gasteiger partial charge is 0.477 e. The third kappa shape index (κ3) is 3.83. The number of hydrogen-bond acceptors (Lipinski definition) is 8. The van der Waals surface area contributed by atoms with Crippen LogP contribution in [0.5, 0.6) is 0 Å². The van der Waals surface area contributed by atoms with Gasteiger partial charge in [0.25, 0.3) is 0 Å². The first-order valence-electron chi connectivity index (χ1n) is 10.1. The Morgan fingerprint density at radius 2 is 1.91 bits per heavy atom. The van der Waals surface area contributed by atoms with Crippen LogP contribution in [0.2, 0.25) is 0 Å². The van der Waals surface area contributed by atoms with Crippen LogP contribution < -0.4 is 16.2 Å². The van der Waals surface area contributed by atoms with Crippen LogP contribution >= 0.6 is 24.2 Å². The van der Waals surface area contributed by atoms with Gasteiger partial charge in [0.1, 0.15) is 17.1 Å². The molecule has 0 saturated carbocycles. The molecular weight excluding hydrogens is 477 g/mol. The van der Waals surface area contributed by atoms with E-state index in [1.807, 2.05) is 11.8 Å². The van der Waals surface area contributed by atoms with Gasteiger partial charge in [0, 0.05) is 31.6 Å². The SMILES string of the molecule is Cc1oc(=O)oc1CN1CCN(c2cc3c(cc2F)c(=O)c(C(=O)O)c2n3[C@@H](C)S2)CC1.Cl. The normalized spacial score (nSPS) is 18.0. The molecule has 12 heteroatoms. The molecule has 0 unspecified atom stereocenters. The molecule has 1 saturated heterocycles. The van der Waals surface area contributed by atoms with Crippen molar-refractivity contribution in [3.8, 4) is 0 Å². The van der Waals surface area contributed by atoms with Crippen LogP contribution in [0.25, 0.3) is 10.9 Å². The number of benzene rings is 1. The molecule has 1 atom stereocenters. The minimum atomic E-state index is -1.30. The van der Waals surface area contributed by atoms with Gasteiger partial charge in [0.05, 0.1) is 28.1 Å². The minimum absolute atomic E-state index is 0. The number of aryl methyl sites for hydroxylation is 1. The Balaban J connectivity index is 0.00000259. The zero-order valence-corrected chi connectivity index (χ0v) is 19.4. The summed E-state index contributed by atoms with van der Waals surface area (Å²) in [6.45, 7) is 6.33. The van der Waals surface area contributed by atoms with E-state index >= 15 is 4.39 Å². The molecule has 1 fully saturated rings. The summed E-state index contributed by atoms with van der Waals surface area (Å²) in [4.78, 5) is 39.6. The lowest BCUT2D eigenvalue weighted by atomic mass is 10.1. The van der Waals surface area contributed by atoms with E-state index in [1.165, 1.54) is 11.8 Å². The summed E-state index contributed by atoms with van der Waals surface area (Å²) in [6, 6.07) is 2.80. The standard InChI is InChI=1S/C21H20FN3O6S.ClH/c1-10-16(31-21(29)30-10)9-23-3-5-24(6-4-23)15-8-14-12(7-13(15)22)18(26)17(20(27)28)19-25(14)11(2)32-19;/h7-8,11H,3-6,9H2,1-2H3,(H,27,28);1H/t11-;/m1./s1. The quantitative estimate of drug-likeness (QED) is 0.581. The number of rotatable bonds is 4. The third-order valence-electron chi connectivity index (χ3n) is 6.00. The zero-order chi connectivity index (χ0) is 22.7. The molecule has 0 spiro atoms. The number of hydrogen-bond donors (Lipinski definition) is 1. The highest BCUT2D eigenvalue weighted by atomic mass is 35.5. The Bertz CT molecular complexity index is 1380. The summed E-state index contributed by atoms with van der Waals surface area (Å²) in [7, 11) is 0. The molecular formula is C21H21ClFN3O6S. The molecule has 2 aliphatic rings. The van der Waals surface area contributed by atoms with Gasteiger partial charge in [-0.2, -0.15) is 0 Å². The van der Waals surface area contributed by atoms with Gasteiger partial charge in [-0.25, -0.2) is 14.0 Å². The number of carboxylic acid groups (broad SMARTS) is 1. The summed E-state index contributed by atoms with van der Waals surface area (Å²) in [5.41, 5.74) is -0.0479. The number of carbonyl (C=O) groups is 1. The number of aromatic nitrogens is 1. The van der Waals surface area contributed by atoms with Crippen LogP contribution in [0.4, 0.5) is 10.1 Å². The summed E-state index contributed by atoms with van der Waals surface area (Å²) in [6.07, 6.45) is 0. The topological polar surface area (TPSA) is 109 Å². The highest BCUT2D eigenvalue weighted by molar-refractivity contribution is 8.00. The maximum absolute atomic E-state index is 15.0. The molecule has 1 aromatic carbocycles. The number of halogens is 2. The van der Waals surface area contributed by atoms with E-state index in [0.717, 1.165) is 6.07 Å². The molecule has 0 amide bonds. The molecule has 0 bridgehead atoms. The first-order valence-corrected chi connectivity index (χ1v) is 11.0. The van der Waals surface area contributed by atoms with E-state index in [4.69, 9.17) is 8.83 Å². The number of carboxylic acids is 1. The first-order chi connectivity index (χ1) is 15.2. The fourth-order valence-electron chi connectivity index (χ4n) is 4.34. The number of aromatic carboxylic acids is 1. The molecule has 5 rings (SSSR count). The summed E-state index contributed by atoms with van der Waals surface area (Å²) in [5, 5.41) is 9.89. The van der Waals surface area contributed by atoms with Crippen LogP contribution in [-0.4, -0.2) is 46.7 Å². The molecule has 176 valence electrons. The van der Waals surface area contributed by atoms with Crippen LogP contribution in [0.15, 0.2) is 35.6 Å². The summed E-state index contributed by atoms with van der Waals surface area (Å²) >= 11 is 1.32. The minimum Gasteiger partial charge on any atom is -0.477 e. The average molecular weight is 498 g/mol. The van der Waals surface area contributed by atoms with Gasteiger partial charge < -0.3 is 23.4 Å². The monoisotopic (exact) mass is 497 g/mol. The molecule has 1 N–H and O–H groups in total. The average Bonchev–Trinajstić information content (AvgIpc) is 3.05. The molecule has 9 nitrogen and oxygen atoms in total. The molecule has 3 aromatic rings. The predicted octanol–water partition coefficient (Wildman–Crippen LogP) is 3.06. The largest absolute Gasteiger partial charge is 0.519 e. The van der Waals surface area contributed by atoms with Crippen molar-refractivity contribution < 1.29 is 23.1 Å². The van der Waals surface area contributed by atoms with Crippen molar-refractivity contribution in [1.82, 2.24) is 9.47 Å². The van der Waals surface area contributed by atoms with Crippen LogP contribution in [0, 0.1) is 12.7 Å². The molecule has 33 heavy (non-hydrogen) atoms. The van der Waals surface area contributed by atoms with Gasteiger partial charge in [-0.05, 0) is 26.0 Å². The van der Waals surface area contributed by atoms with Crippen molar-refractivity contribution in [2.75, 3.05) is 31.1 Å². The van der Waals surface area contributed by atoms with Crippen molar-refractivity contribution in [3.63, 3.8) is 0 Å². The van der Waals surface area contributed by atoms with Gasteiger partial charge in [-0.15, -0.1) is 12.4 Å². The molecule has 2 aliphatic heterocycles. The van der Waals surface area contributed by atoms with Crippen molar-refractivity contribution >= 4 is 46.7 Å². The van der Waals surface area contributed by atoms with Gasteiger partial charge in [-0.3, -0.25) is 9.69 Å². The Hall–Kier alpha value is -2.76. The van der Waals surface area contributed by atoms with E-state index in [0.29, 0.717) is 60.5 Å². The van der Waals surface area contributed by atoms with Gasteiger partial charge >= 0.3 is 11.8 Å². The lowest BCUT2D eigenvalue weighted by Gasteiger charge is -2.37. The predicted molar refractivity (Wildman–Crippen MR) is 122 cm³/mol. The number of piperazine rings is 1.